The van der Waals surface area contributed by atoms with Crippen molar-refractivity contribution in [3.63, 3.8) is 0 Å². The predicted octanol–water partition coefficient (Wildman–Crippen LogP) is 2.44. The van der Waals surface area contributed by atoms with E-state index in [1.54, 1.807) is 13.3 Å². The van der Waals surface area contributed by atoms with Crippen LogP contribution in [0.25, 0.3) is 0 Å². The van der Waals surface area contributed by atoms with Crippen molar-refractivity contribution >= 4 is 5.91 Å². The van der Waals surface area contributed by atoms with Gasteiger partial charge in [-0.15, -0.1) is 0 Å². The van der Waals surface area contributed by atoms with E-state index in [0.717, 1.165) is 32.5 Å². The number of rotatable bonds is 4. The van der Waals surface area contributed by atoms with Gasteiger partial charge < -0.3 is 9.64 Å². The van der Waals surface area contributed by atoms with Crippen LogP contribution < -0.4 is 4.74 Å². The van der Waals surface area contributed by atoms with Gasteiger partial charge in [0.2, 0.25) is 0 Å². The van der Waals surface area contributed by atoms with E-state index in [1.807, 2.05) is 46.1 Å². The van der Waals surface area contributed by atoms with Crippen molar-refractivity contribution < 1.29 is 9.53 Å². The third-order valence-electron chi connectivity index (χ3n) is 4.24. The summed E-state index contributed by atoms with van der Waals surface area (Å²) < 4.78 is 7.26. The Kier molecular flexibility index (Phi) is 4.42. The second kappa shape index (κ2) is 6.64. The summed E-state index contributed by atoms with van der Waals surface area (Å²) in [5.41, 5.74) is 0.649. The number of para-hydroxylation sites is 1. The zero-order valence-electron chi connectivity index (χ0n) is 12.8. The molecule has 0 N–H and O–H groups in total. The molecule has 0 bridgehead atoms. The summed E-state index contributed by atoms with van der Waals surface area (Å²) in [6, 6.07) is 9.36. The number of hydrogen-bond donors (Lipinski definition) is 0. The molecule has 0 aliphatic carbocycles. The van der Waals surface area contributed by atoms with E-state index in [4.69, 9.17) is 4.74 Å². The summed E-state index contributed by atoms with van der Waals surface area (Å²) in [5.74, 6) is 1.29. The summed E-state index contributed by atoms with van der Waals surface area (Å²) in [6.07, 6.45) is 5.83. The number of carbonyl (C=O) groups excluding carboxylic acids is 1. The third kappa shape index (κ3) is 3.13. The fourth-order valence-corrected chi connectivity index (χ4v) is 2.98. The predicted molar refractivity (Wildman–Crippen MR) is 83.8 cm³/mol. The maximum atomic E-state index is 12.6. The number of ether oxygens (including phenoxy) is 1. The third-order valence-corrected chi connectivity index (χ3v) is 4.24. The van der Waals surface area contributed by atoms with Crippen molar-refractivity contribution in [1.29, 1.82) is 0 Å². The molecule has 5 heteroatoms. The lowest BCUT2D eigenvalue weighted by Crippen LogP contribution is -2.39. The Hall–Kier alpha value is -2.30. The van der Waals surface area contributed by atoms with Crippen LogP contribution in [0, 0.1) is 5.92 Å². The SMILES string of the molecule is COc1ccccc1C(=O)N1CCC(Cn2cccn2)CC1. The average Bonchev–Trinajstić information content (AvgIpc) is 3.08. The Bertz CT molecular complexity index is 617. The van der Waals surface area contributed by atoms with Crippen LogP contribution in [0.15, 0.2) is 42.7 Å². The summed E-state index contributed by atoms with van der Waals surface area (Å²) >= 11 is 0. The maximum absolute atomic E-state index is 12.6. The first-order chi connectivity index (χ1) is 10.8. The molecule has 2 aromatic rings. The van der Waals surface area contributed by atoms with Crippen LogP contribution in [-0.2, 0) is 6.54 Å². The standard InChI is InChI=1S/C17H21N3O2/c1-22-16-6-3-2-5-15(16)17(21)19-11-7-14(8-12-19)13-20-10-4-9-18-20/h2-6,9-10,14H,7-8,11-13H2,1H3. The van der Waals surface area contributed by atoms with E-state index >= 15 is 0 Å². The van der Waals surface area contributed by atoms with E-state index < -0.39 is 0 Å². The highest BCUT2D eigenvalue weighted by Crippen LogP contribution is 2.24. The lowest BCUT2D eigenvalue weighted by Gasteiger charge is -2.32. The van der Waals surface area contributed by atoms with Crippen LogP contribution in [0.1, 0.15) is 23.2 Å². The number of hydrogen-bond acceptors (Lipinski definition) is 3. The zero-order chi connectivity index (χ0) is 15.4. The normalized spacial score (nSPS) is 15.8. The van der Waals surface area contributed by atoms with Crippen molar-refractivity contribution in [2.24, 2.45) is 5.92 Å². The molecule has 0 saturated carbocycles. The highest BCUT2D eigenvalue weighted by Gasteiger charge is 2.25. The van der Waals surface area contributed by atoms with Gasteiger partial charge in [-0.3, -0.25) is 9.48 Å². The Balaban J connectivity index is 1.60. The monoisotopic (exact) mass is 299 g/mol. The van der Waals surface area contributed by atoms with E-state index in [-0.39, 0.29) is 5.91 Å². The van der Waals surface area contributed by atoms with Gasteiger partial charge in [0, 0.05) is 32.0 Å². The first-order valence-corrected chi connectivity index (χ1v) is 7.67. The van der Waals surface area contributed by atoms with E-state index in [1.165, 1.54) is 0 Å². The molecular weight excluding hydrogens is 278 g/mol. The fourth-order valence-electron chi connectivity index (χ4n) is 2.98. The molecule has 5 nitrogen and oxygen atoms in total. The highest BCUT2D eigenvalue weighted by molar-refractivity contribution is 5.97. The van der Waals surface area contributed by atoms with E-state index in [2.05, 4.69) is 5.10 Å². The van der Waals surface area contributed by atoms with Gasteiger partial charge in [-0.2, -0.15) is 5.10 Å². The van der Waals surface area contributed by atoms with Crippen LogP contribution in [-0.4, -0.2) is 40.8 Å². The number of piperidine rings is 1. The van der Waals surface area contributed by atoms with Crippen LogP contribution in [0.4, 0.5) is 0 Å². The molecule has 0 atom stereocenters. The summed E-state index contributed by atoms with van der Waals surface area (Å²) in [7, 11) is 1.60. The molecule has 0 radical (unpaired) electrons. The van der Waals surface area contributed by atoms with Crippen LogP contribution in [0.5, 0.6) is 5.75 Å². The molecular formula is C17H21N3O2. The highest BCUT2D eigenvalue weighted by atomic mass is 16.5. The van der Waals surface area contributed by atoms with Gasteiger partial charge in [0.15, 0.2) is 0 Å². The fraction of sp³-hybridized carbons (Fsp3) is 0.412. The number of aromatic nitrogens is 2. The van der Waals surface area contributed by atoms with Gasteiger partial charge in [0.1, 0.15) is 5.75 Å². The Morgan fingerprint density at radius 3 is 2.73 bits per heavy atom. The van der Waals surface area contributed by atoms with Gasteiger partial charge in [-0.25, -0.2) is 0 Å². The minimum Gasteiger partial charge on any atom is -0.496 e. The van der Waals surface area contributed by atoms with Crippen molar-refractivity contribution in [2.75, 3.05) is 20.2 Å². The van der Waals surface area contributed by atoms with Gasteiger partial charge in [0.25, 0.3) is 5.91 Å². The molecule has 0 unspecified atom stereocenters. The molecule has 116 valence electrons. The van der Waals surface area contributed by atoms with Crippen molar-refractivity contribution in [1.82, 2.24) is 14.7 Å². The molecule has 1 amide bonds. The number of likely N-dealkylation sites (tertiary alicyclic amines) is 1. The van der Waals surface area contributed by atoms with Gasteiger partial charge in [-0.05, 0) is 37.0 Å². The molecule has 2 heterocycles. The van der Waals surface area contributed by atoms with Crippen molar-refractivity contribution in [3.8, 4) is 5.75 Å². The largest absolute Gasteiger partial charge is 0.496 e. The summed E-state index contributed by atoms with van der Waals surface area (Å²) in [6.45, 7) is 2.52. The van der Waals surface area contributed by atoms with Crippen LogP contribution >= 0.6 is 0 Å². The van der Waals surface area contributed by atoms with Crippen molar-refractivity contribution in [3.05, 3.63) is 48.3 Å². The summed E-state index contributed by atoms with van der Waals surface area (Å²) in [4.78, 5) is 14.6. The second-order valence-electron chi connectivity index (χ2n) is 5.66. The smallest absolute Gasteiger partial charge is 0.257 e. The molecule has 3 rings (SSSR count). The minimum atomic E-state index is 0.0648. The van der Waals surface area contributed by atoms with Gasteiger partial charge in [-0.1, -0.05) is 12.1 Å². The zero-order valence-corrected chi connectivity index (χ0v) is 12.8. The molecule has 1 aromatic heterocycles. The minimum absolute atomic E-state index is 0.0648. The molecule has 1 aliphatic rings. The van der Waals surface area contributed by atoms with Gasteiger partial charge in [0.05, 0.1) is 12.7 Å². The Labute approximate surface area is 130 Å². The van der Waals surface area contributed by atoms with E-state index in [9.17, 15) is 4.79 Å². The molecule has 1 saturated heterocycles. The number of carbonyl (C=O) groups is 1. The number of amides is 1. The van der Waals surface area contributed by atoms with Crippen LogP contribution in [0.2, 0.25) is 0 Å². The lowest BCUT2D eigenvalue weighted by atomic mass is 9.96. The second-order valence-corrected chi connectivity index (χ2v) is 5.66. The number of methoxy groups -OCH3 is 1. The molecule has 1 fully saturated rings. The van der Waals surface area contributed by atoms with E-state index in [0.29, 0.717) is 17.2 Å². The molecule has 1 aromatic carbocycles. The average molecular weight is 299 g/mol. The van der Waals surface area contributed by atoms with Gasteiger partial charge >= 0.3 is 0 Å². The molecule has 22 heavy (non-hydrogen) atoms. The molecule has 0 spiro atoms. The lowest BCUT2D eigenvalue weighted by molar-refractivity contribution is 0.0678. The topological polar surface area (TPSA) is 47.4 Å². The maximum Gasteiger partial charge on any atom is 0.257 e. The summed E-state index contributed by atoms with van der Waals surface area (Å²) in [5, 5.41) is 4.25. The quantitative estimate of drug-likeness (QED) is 0.871. The Morgan fingerprint density at radius 1 is 1.27 bits per heavy atom. The Morgan fingerprint density at radius 2 is 2.05 bits per heavy atom. The van der Waals surface area contributed by atoms with Crippen molar-refractivity contribution in [2.45, 2.75) is 19.4 Å². The number of benzene rings is 1. The molecule has 1 aliphatic heterocycles. The first-order valence-electron chi connectivity index (χ1n) is 7.67. The number of nitrogens with zero attached hydrogens (tertiary/aromatic N) is 3. The first kappa shape index (κ1) is 14.6. The van der Waals surface area contributed by atoms with Crippen LogP contribution in [0.3, 0.4) is 0 Å².